The quantitative estimate of drug-likeness (QED) is 0.546. The Morgan fingerprint density at radius 1 is 1.00 bits per heavy atom. The summed E-state index contributed by atoms with van der Waals surface area (Å²) in [6.45, 7) is 0.761. The maximum absolute atomic E-state index is 5.78. The van der Waals surface area contributed by atoms with Crippen molar-refractivity contribution in [3.8, 4) is 11.5 Å². The zero-order valence-electron chi connectivity index (χ0n) is 14.6. The fourth-order valence-electron chi connectivity index (χ4n) is 3.16. The van der Waals surface area contributed by atoms with E-state index in [1.807, 2.05) is 42.6 Å². The van der Waals surface area contributed by atoms with Crippen molar-refractivity contribution >= 4 is 39.9 Å². The first kappa shape index (κ1) is 17.9. The lowest BCUT2D eigenvalue weighted by molar-refractivity contribution is 0.356. The number of methoxy groups -OCH3 is 2. The average molecular weight is 370 g/mol. The molecule has 4 aromatic rings. The standard InChI is InChI=1S/C20H19N3O2.ClH/c1-24-18-9-16-17(10-19(18)25-2)22-11-14-7-8-23(20(14)16)12-13-3-5-15(21)6-4-13;/h3-11H,12,21H2,1-2H3;1H. The van der Waals surface area contributed by atoms with Crippen molar-refractivity contribution in [2.45, 2.75) is 6.54 Å². The summed E-state index contributed by atoms with van der Waals surface area (Å²) in [5.74, 6) is 1.38. The van der Waals surface area contributed by atoms with E-state index in [0.717, 1.165) is 34.0 Å². The smallest absolute Gasteiger partial charge is 0.162 e. The normalized spacial score (nSPS) is 10.7. The van der Waals surface area contributed by atoms with Gasteiger partial charge in [0.25, 0.3) is 0 Å². The van der Waals surface area contributed by atoms with Gasteiger partial charge in [-0.3, -0.25) is 4.98 Å². The summed E-state index contributed by atoms with van der Waals surface area (Å²) in [4.78, 5) is 4.56. The topological polar surface area (TPSA) is 62.3 Å². The van der Waals surface area contributed by atoms with Crippen LogP contribution in [-0.2, 0) is 6.54 Å². The molecule has 0 bridgehead atoms. The lowest BCUT2D eigenvalue weighted by atomic mass is 10.1. The molecule has 2 aromatic carbocycles. The molecule has 0 saturated heterocycles. The van der Waals surface area contributed by atoms with Gasteiger partial charge in [0.2, 0.25) is 0 Å². The SMILES string of the molecule is COc1cc2ncc3ccn(Cc4ccc(N)cc4)c3c2cc1OC.Cl. The highest BCUT2D eigenvalue weighted by Crippen LogP contribution is 2.35. The van der Waals surface area contributed by atoms with Crippen molar-refractivity contribution in [2.75, 3.05) is 20.0 Å². The Bertz CT molecular complexity index is 1060. The Morgan fingerprint density at radius 2 is 1.69 bits per heavy atom. The van der Waals surface area contributed by atoms with E-state index in [0.29, 0.717) is 11.5 Å². The third kappa shape index (κ3) is 3.02. The maximum Gasteiger partial charge on any atom is 0.162 e. The van der Waals surface area contributed by atoms with Crippen LogP contribution in [0.25, 0.3) is 21.8 Å². The lowest BCUT2D eigenvalue weighted by Crippen LogP contribution is -1.99. The zero-order chi connectivity index (χ0) is 17.4. The Morgan fingerprint density at radius 3 is 2.38 bits per heavy atom. The molecule has 0 aliphatic rings. The molecule has 0 radical (unpaired) electrons. The van der Waals surface area contributed by atoms with Crippen LogP contribution < -0.4 is 15.2 Å². The van der Waals surface area contributed by atoms with Crippen LogP contribution >= 0.6 is 12.4 Å². The van der Waals surface area contributed by atoms with Crippen molar-refractivity contribution in [2.24, 2.45) is 0 Å². The summed E-state index contributed by atoms with van der Waals surface area (Å²) in [6.07, 6.45) is 3.97. The number of pyridine rings is 1. The average Bonchev–Trinajstić information content (AvgIpc) is 3.05. The fraction of sp³-hybridized carbons (Fsp3) is 0.150. The number of hydrogen-bond acceptors (Lipinski definition) is 4. The summed E-state index contributed by atoms with van der Waals surface area (Å²) in [5.41, 5.74) is 9.75. The molecule has 5 nitrogen and oxygen atoms in total. The molecule has 2 heterocycles. The molecule has 134 valence electrons. The third-order valence-electron chi connectivity index (χ3n) is 4.43. The van der Waals surface area contributed by atoms with Gasteiger partial charge in [-0.25, -0.2) is 0 Å². The molecule has 0 spiro atoms. The Balaban J connectivity index is 0.00000196. The Hall–Kier alpha value is -2.92. The van der Waals surface area contributed by atoms with Gasteiger partial charge in [-0.2, -0.15) is 0 Å². The van der Waals surface area contributed by atoms with Crippen molar-refractivity contribution in [3.63, 3.8) is 0 Å². The second-order valence-electron chi connectivity index (χ2n) is 5.97. The molecule has 0 amide bonds. The van der Waals surface area contributed by atoms with E-state index in [1.54, 1.807) is 14.2 Å². The molecule has 0 aliphatic heterocycles. The van der Waals surface area contributed by atoms with E-state index < -0.39 is 0 Å². The van der Waals surface area contributed by atoms with Crippen molar-refractivity contribution < 1.29 is 9.47 Å². The number of rotatable bonds is 4. The summed E-state index contributed by atoms with van der Waals surface area (Å²) in [5, 5.41) is 2.13. The predicted molar refractivity (Wildman–Crippen MR) is 108 cm³/mol. The molecule has 0 fully saturated rings. The van der Waals surface area contributed by atoms with Gasteiger partial charge in [-0.1, -0.05) is 12.1 Å². The molecular formula is C20H20ClN3O2. The number of hydrogen-bond donors (Lipinski definition) is 1. The molecule has 26 heavy (non-hydrogen) atoms. The minimum Gasteiger partial charge on any atom is -0.493 e. The fourth-order valence-corrected chi connectivity index (χ4v) is 3.16. The summed E-state index contributed by atoms with van der Waals surface area (Å²) < 4.78 is 13.1. The van der Waals surface area contributed by atoms with Crippen LogP contribution in [0.3, 0.4) is 0 Å². The van der Waals surface area contributed by atoms with Gasteiger partial charge in [0.05, 0.1) is 25.3 Å². The number of nitrogens with two attached hydrogens (primary N) is 1. The highest BCUT2D eigenvalue weighted by molar-refractivity contribution is 6.04. The predicted octanol–water partition coefficient (Wildman–Crippen LogP) is 4.26. The van der Waals surface area contributed by atoms with Crippen molar-refractivity contribution in [3.05, 3.63) is 60.4 Å². The Labute approximate surface area is 157 Å². The minimum atomic E-state index is 0. The summed E-state index contributed by atoms with van der Waals surface area (Å²) in [6, 6.07) is 13.9. The second kappa shape index (κ2) is 7.14. The van der Waals surface area contributed by atoms with Crippen LogP contribution in [-0.4, -0.2) is 23.8 Å². The van der Waals surface area contributed by atoms with E-state index >= 15 is 0 Å². The van der Waals surface area contributed by atoms with Crippen molar-refractivity contribution in [1.29, 1.82) is 0 Å². The van der Waals surface area contributed by atoms with Gasteiger partial charge in [-0.15, -0.1) is 12.4 Å². The number of ether oxygens (including phenoxy) is 2. The third-order valence-corrected chi connectivity index (χ3v) is 4.43. The monoisotopic (exact) mass is 369 g/mol. The molecule has 0 aliphatic carbocycles. The van der Waals surface area contributed by atoms with Gasteiger partial charge in [0, 0.05) is 41.5 Å². The van der Waals surface area contributed by atoms with Crippen molar-refractivity contribution in [1.82, 2.24) is 9.55 Å². The molecule has 0 unspecified atom stereocenters. The first-order valence-corrected chi connectivity index (χ1v) is 8.03. The van der Waals surface area contributed by atoms with Gasteiger partial charge in [-0.05, 0) is 29.8 Å². The van der Waals surface area contributed by atoms with Gasteiger partial charge < -0.3 is 19.8 Å². The number of nitrogens with zero attached hydrogens (tertiary/aromatic N) is 2. The van der Waals surface area contributed by atoms with E-state index in [9.17, 15) is 0 Å². The number of anilines is 1. The number of benzene rings is 2. The zero-order valence-corrected chi connectivity index (χ0v) is 15.4. The summed E-state index contributed by atoms with van der Waals surface area (Å²) in [7, 11) is 3.27. The molecule has 0 saturated carbocycles. The molecule has 2 aromatic heterocycles. The van der Waals surface area contributed by atoms with Crippen LogP contribution in [0.1, 0.15) is 5.56 Å². The van der Waals surface area contributed by atoms with E-state index in [-0.39, 0.29) is 12.4 Å². The molecular weight excluding hydrogens is 350 g/mol. The van der Waals surface area contributed by atoms with Crippen LogP contribution in [0, 0.1) is 0 Å². The molecule has 2 N–H and O–H groups in total. The number of nitrogen functional groups attached to an aromatic ring is 1. The lowest BCUT2D eigenvalue weighted by Gasteiger charge is -2.12. The van der Waals surface area contributed by atoms with Gasteiger partial charge in [0.1, 0.15) is 0 Å². The van der Waals surface area contributed by atoms with Crippen LogP contribution in [0.2, 0.25) is 0 Å². The van der Waals surface area contributed by atoms with E-state index in [1.165, 1.54) is 5.56 Å². The van der Waals surface area contributed by atoms with E-state index in [2.05, 4.69) is 21.8 Å². The second-order valence-corrected chi connectivity index (χ2v) is 5.97. The summed E-state index contributed by atoms with van der Waals surface area (Å²) >= 11 is 0. The molecule has 6 heteroatoms. The van der Waals surface area contributed by atoms with Crippen LogP contribution in [0.5, 0.6) is 11.5 Å². The first-order valence-electron chi connectivity index (χ1n) is 8.03. The highest BCUT2D eigenvalue weighted by atomic mass is 35.5. The Kier molecular flexibility index (Phi) is 4.91. The van der Waals surface area contributed by atoms with Gasteiger partial charge >= 0.3 is 0 Å². The highest BCUT2D eigenvalue weighted by Gasteiger charge is 2.12. The van der Waals surface area contributed by atoms with Crippen LogP contribution in [0.4, 0.5) is 5.69 Å². The maximum atomic E-state index is 5.78. The van der Waals surface area contributed by atoms with Crippen LogP contribution in [0.15, 0.2) is 54.9 Å². The largest absolute Gasteiger partial charge is 0.493 e. The molecule has 0 atom stereocenters. The molecule has 4 rings (SSSR count). The first-order chi connectivity index (χ1) is 12.2. The number of halogens is 1. The number of aromatic nitrogens is 2. The van der Waals surface area contributed by atoms with Gasteiger partial charge in [0.15, 0.2) is 11.5 Å². The van der Waals surface area contributed by atoms with E-state index in [4.69, 9.17) is 15.2 Å². The minimum absolute atomic E-state index is 0. The number of fused-ring (bicyclic) bond motifs is 3.